The number of piperidine rings is 1. The van der Waals surface area contributed by atoms with E-state index in [4.69, 9.17) is 5.10 Å². The lowest BCUT2D eigenvalue weighted by Crippen LogP contribution is -2.29. The topological polar surface area (TPSA) is 71.8 Å². The molecule has 1 aliphatic carbocycles. The zero-order valence-electron chi connectivity index (χ0n) is 13.3. The van der Waals surface area contributed by atoms with Crippen LogP contribution in [0.5, 0.6) is 0 Å². The normalized spacial score (nSPS) is 21.5. The van der Waals surface area contributed by atoms with Crippen LogP contribution in [0.1, 0.15) is 37.3 Å². The van der Waals surface area contributed by atoms with Gasteiger partial charge in [0.05, 0.1) is 12.2 Å². The predicted molar refractivity (Wildman–Crippen MR) is 88.1 cm³/mol. The first-order chi connectivity index (χ1) is 11.3. The second-order valence-corrected chi connectivity index (χ2v) is 6.59. The first kappa shape index (κ1) is 14.6. The number of fused-ring (bicyclic) bond motifs is 1. The molecule has 2 aliphatic rings. The van der Waals surface area contributed by atoms with Crippen molar-refractivity contribution in [2.45, 2.75) is 38.1 Å². The zero-order chi connectivity index (χ0) is 15.6. The van der Waals surface area contributed by atoms with E-state index in [-0.39, 0.29) is 11.8 Å². The lowest BCUT2D eigenvalue weighted by molar-refractivity contribution is -0.122. The summed E-state index contributed by atoms with van der Waals surface area (Å²) in [5.74, 6) is 0.898. The molecular formula is C17H23N5O. The Morgan fingerprint density at radius 3 is 3.09 bits per heavy atom. The summed E-state index contributed by atoms with van der Waals surface area (Å²) in [7, 11) is 0. The van der Waals surface area contributed by atoms with Crippen LogP contribution < -0.4 is 10.6 Å². The number of carbonyl (C=O) groups is 1. The van der Waals surface area contributed by atoms with Gasteiger partial charge in [-0.05, 0) is 44.4 Å². The van der Waals surface area contributed by atoms with E-state index in [0.717, 1.165) is 42.7 Å². The highest BCUT2D eigenvalue weighted by Gasteiger charge is 2.29. The summed E-state index contributed by atoms with van der Waals surface area (Å²) in [6, 6.07) is 4.08. The molecule has 1 saturated heterocycles. The van der Waals surface area contributed by atoms with E-state index in [1.54, 1.807) is 0 Å². The molecule has 0 bridgehead atoms. The number of nitrogens with one attached hydrogen (secondary N) is 2. The first-order valence-electron chi connectivity index (χ1n) is 8.63. The minimum atomic E-state index is 0.186. The number of hydrogen-bond acceptors (Lipinski definition) is 4. The molecule has 0 radical (unpaired) electrons. The minimum absolute atomic E-state index is 0.186. The van der Waals surface area contributed by atoms with Gasteiger partial charge in [0.25, 0.3) is 0 Å². The number of hydrogen-bond donors (Lipinski definition) is 2. The highest BCUT2D eigenvalue weighted by atomic mass is 16.2. The van der Waals surface area contributed by atoms with E-state index < -0.39 is 0 Å². The number of amides is 1. The molecule has 1 aliphatic heterocycles. The quantitative estimate of drug-likeness (QED) is 0.876. The summed E-state index contributed by atoms with van der Waals surface area (Å²) in [5.41, 5.74) is 2.07. The van der Waals surface area contributed by atoms with Crippen molar-refractivity contribution in [3.63, 3.8) is 0 Å². The number of carbonyl (C=O) groups excluding carboxylic acids is 1. The molecule has 0 spiro atoms. The summed E-state index contributed by atoms with van der Waals surface area (Å²) in [6.07, 6.45) is 6.25. The van der Waals surface area contributed by atoms with Gasteiger partial charge in [-0.1, -0.05) is 0 Å². The average Bonchev–Trinajstić information content (AvgIpc) is 3.39. The molecule has 6 nitrogen and oxygen atoms in total. The Kier molecular flexibility index (Phi) is 3.99. The van der Waals surface area contributed by atoms with Crippen molar-refractivity contribution in [2.24, 2.45) is 5.92 Å². The van der Waals surface area contributed by atoms with Gasteiger partial charge >= 0.3 is 0 Å². The minimum Gasteiger partial charge on any atom is -0.354 e. The van der Waals surface area contributed by atoms with Crippen molar-refractivity contribution in [3.8, 4) is 0 Å². The highest BCUT2D eigenvalue weighted by molar-refractivity contribution is 5.81. The SMILES string of the molecule is O=C(NCCn1nc(C2CCCNC2)c2cccnc21)C1CC1. The molecule has 1 unspecified atom stereocenters. The Morgan fingerprint density at radius 1 is 1.39 bits per heavy atom. The zero-order valence-corrected chi connectivity index (χ0v) is 13.3. The summed E-state index contributed by atoms with van der Waals surface area (Å²) in [6.45, 7) is 3.37. The molecule has 2 aromatic heterocycles. The Morgan fingerprint density at radius 2 is 2.30 bits per heavy atom. The molecule has 1 saturated carbocycles. The number of aromatic nitrogens is 3. The molecular weight excluding hydrogens is 290 g/mol. The summed E-state index contributed by atoms with van der Waals surface area (Å²) in [5, 5.41) is 12.4. The average molecular weight is 313 g/mol. The number of nitrogens with zero attached hydrogens (tertiary/aromatic N) is 3. The third-order valence-corrected chi connectivity index (χ3v) is 4.79. The van der Waals surface area contributed by atoms with Gasteiger partial charge in [-0.2, -0.15) is 5.10 Å². The maximum absolute atomic E-state index is 11.7. The second-order valence-electron chi connectivity index (χ2n) is 6.59. The molecule has 2 aromatic rings. The van der Waals surface area contributed by atoms with Crippen molar-refractivity contribution in [2.75, 3.05) is 19.6 Å². The van der Waals surface area contributed by atoms with Crippen molar-refractivity contribution in [3.05, 3.63) is 24.0 Å². The van der Waals surface area contributed by atoms with Crippen molar-refractivity contribution in [1.29, 1.82) is 0 Å². The maximum atomic E-state index is 11.7. The van der Waals surface area contributed by atoms with Crippen LogP contribution in [-0.4, -0.2) is 40.3 Å². The number of pyridine rings is 1. The van der Waals surface area contributed by atoms with Crippen LogP contribution in [0.3, 0.4) is 0 Å². The molecule has 6 heteroatoms. The van der Waals surface area contributed by atoms with Gasteiger partial charge in [0, 0.05) is 36.5 Å². The van der Waals surface area contributed by atoms with E-state index in [9.17, 15) is 4.79 Å². The largest absolute Gasteiger partial charge is 0.354 e. The third-order valence-electron chi connectivity index (χ3n) is 4.79. The fraction of sp³-hybridized carbons (Fsp3) is 0.588. The Balaban J connectivity index is 1.52. The molecule has 3 heterocycles. The molecule has 122 valence electrons. The Labute approximate surface area is 135 Å². The van der Waals surface area contributed by atoms with Crippen LogP contribution in [0.15, 0.2) is 18.3 Å². The standard InChI is InChI=1S/C17H23N5O/c23-17(12-5-6-12)20-9-10-22-16-14(4-2-8-19-16)15(21-22)13-3-1-7-18-11-13/h2,4,8,12-13,18H,1,3,5-7,9-11H2,(H,20,23). The smallest absolute Gasteiger partial charge is 0.223 e. The first-order valence-corrected chi connectivity index (χ1v) is 8.63. The molecule has 0 aromatic carbocycles. The van der Waals surface area contributed by atoms with Crippen LogP contribution in [-0.2, 0) is 11.3 Å². The van der Waals surface area contributed by atoms with Gasteiger partial charge in [0.2, 0.25) is 5.91 Å². The third kappa shape index (κ3) is 3.08. The van der Waals surface area contributed by atoms with Crippen molar-refractivity contribution in [1.82, 2.24) is 25.4 Å². The van der Waals surface area contributed by atoms with Crippen LogP contribution >= 0.6 is 0 Å². The summed E-state index contributed by atoms with van der Waals surface area (Å²) in [4.78, 5) is 16.3. The Hall–Kier alpha value is -1.95. The second kappa shape index (κ2) is 6.28. The molecule has 1 amide bonds. The molecule has 4 rings (SSSR count). The molecule has 2 N–H and O–H groups in total. The summed E-state index contributed by atoms with van der Waals surface area (Å²) >= 11 is 0. The molecule has 2 fully saturated rings. The fourth-order valence-electron chi connectivity index (χ4n) is 3.35. The highest BCUT2D eigenvalue weighted by Crippen LogP contribution is 2.29. The van der Waals surface area contributed by atoms with Crippen LogP contribution in [0.25, 0.3) is 11.0 Å². The van der Waals surface area contributed by atoms with Gasteiger partial charge in [0.1, 0.15) is 0 Å². The van der Waals surface area contributed by atoms with E-state index in [2.05, 4.69) is 21.7 Å². The van der Waals surface area contributed by atoms with Crippen molar-refractivity contribution < 1.29 is 4.79 Å². The van der Waals surface area contributed by atoms with Crippen LogP contribution in [0, 0.1) is 5.92 Å². The van der Waals surface area contributed by atoms with Crippen LogP contribution in [0.2, 0.25) is 0 Å². The van der Waals surface area contributed by atoms with E-state index in [1.807, 2.05) is 16.9 Å². The van der Waals surface area contributed by atoms with Gasteiger partial charge in [-0.15, -0.1) is 0 Å². The van der Waals surface area contributed by atoms with E-state index in [1.165, 1.54) is 12.8 Å². The fourth-order valence-corrected chi connectivity index (χ4v) is 3.35. The van der Waals surface area contributed by atoms with Gasteiger partial charge in [-0.25, -0.2) is 9.67 Å². The van der Waals surface area contributed by atoms with Gasteiger partial charge < -0.3 is 10.6 Å². The van der Waals surface area contributed by atoms with Gasteiger partial charge in [0.15, 0.2) is 5.65 Å². The monoisotopic (exact) mass is 313 g/mol. The molecule has 23 heavy (non-hydrogen) atoms. The lowest BCUT2D eigenvalue weighted by Gasteiger charge is -2.21. The molecule has 1 atom stereocenters. The number of rotatable bonds is 5. The van der Waals surface area contributed by atoms with Crippen molar-refractivity contribution >= 4 is 16.9 Å². The van der Waals surface area contributed by atoms with Gasteiger partial charge in [-0.3, -0.25) is 4.79 Å². The van der Waals surface area contributed by atoms with E-state index >= 15 is 0 Å². The van der Waals surface area contributed by atoms with Crippen LogP contribution in [0.4, 0.5) is 0 Å². The maximum Gasteiger partial charge on any atom is 0.223 e. The summed E-state index contributed by atoms with van der Waals surface area (Å²) < 4.78 is 1.95. The Bertz CT molecular complexity index is 700. The lowest BCUT2D eigenvalue weighted by atomic mass is 9.94. The predicted octanol–water partition coefficient (Wildman–Crippen LogP) is 1.42. The van der Waals surface area contributed by atoms with E-state index in [0.29, 0.717) is 19.0 Å².